The lowest BCUT2D eigenvalue weighted by atomic mass is 10.1. The van der Waals surface area contributed by atoms with Gasteiger partial charge in [0, 0.05) is 37.6 Å². The van der Waals surface area contributed by atoms with Crippen LogP contribution in [0.4, 0.5) is 5.69 Å². The van der Waals surface area contributed by atoms with Gasteiger partial charge in [-0.3, -0.25) is 9.59 Å². The van der Waals surface area contributed by atoms with Crippen molar-refractivity contribution >= 4 is 39.3 Å². The maximum Gasteiger partial charge on any atom is 0.242 e. The van der Waals surface area contributed by atoms with E-state index in [1.54, 1.807) is 28.8 Å². The van der Waals surface area contributed by atoms with E-state index in [2.05, 4.69) is 5.32 Å². The molecule has 2 unspecified atom stereocenters. The van der Waals surface area contributed by atoms with E-state index in [0.717, 1.165) is 20.5 Å². The summed E-state index contributed by atoms with van der Waals surface area (Å²) >= 11 is 1.63. The number of benzene rings is 2. The standard InChI is InChI=1S/C22H27N3O4S2/c1-15(16-5-11-20(12-6-16)31(28,29)24(2)3)23-22(27)17-13-21(26)25(14-17)18-7-9-19(30-4)10-8-18/h5-12,15,17H,13-14H2,1-4H3,(H,23,27). The Bertz CT molecular complexity index is 1050. The smallest absolute Gasteiger partial charge is 0.242 e. The van der Waals surface area contributed by atoms with Crippen LogP contribution in [0.5, 0.6) is 0 Å². The van der Waals surface area contributed by atoms with E-state index in [1.165, 1.54) is 26.2 Å². The van der Waals surface area contributed by atoms with Crippen molar-refractivity contribution < 1.29 is 18.0 Å². The maximum atomic E-state index is 12.8. The molecule has 2 amide bonds. The summed E-state index contributed by atoms with van der Waals surface area (Å²) in [5.74, 6) is -0.680. The third-order valence-electron chi connectivity index (χ3n) is 5.40. The van der Waals surface area contributed by atoms with Gasteiger partial charge < -0.3 is 10.2 Å². The highest BCUT2D eigenvalue weighted by Gasteiger charge is 2.35. The first-order valence-electron chi connectivity index (χ1n) is 9.90. The number of nitrogens with one attached hydrogen (secondary N) is 1. The molecule has 0 saturated carbocycles. The number of nitrogens with zero attached hydrogens (tertiary/aromatic N) is 2. The average molecular weight is 462 g/mol. The molecule has 31 heavy (non-hydrogen) atoms. The number of hydrogen-bond acceptors (Lipinski definition) is 5. The average Bonchev–Trinajstić information content (AvgIpc) is 3.15. The summed E-state index contributed by atoms with van der Waals surface area (Å²) in [7, 11) is -0.534. The van der Waals surface area contributed by atoms with E-state index in [-0.39, 0.29) is 29.2 Å². The second-order valence-corrected chi connectivity index (χ2v) is 10.7. The number of anilines is 1. The van der Waals surface area contributed by atoms with Crippen molar-refractivity contribution in [3.63, 3.8) is 0 Å². The minimum Gasteiger partial charge on any atom is -0.349 e. The van der Waals surface area contributed by atoms with E-state index < -0.39 is 15.9 Å². The summed E-state index contributed by atoms with van der Waals surface area (Å²) in [4.78, 5) is 28.2. The number of rotatable bonds is 7. The highest BCUT2D eigenvalue weighted by Crippen LogP contribution is 2.28. The first-order chi connectivity index (χ1) is 14.6. The third kappa shape index (κ3) is 5.11. The van der Waals surface area contributed by atoms with Crippen molar-refractivity contribution in [1.29, 1.82) is 0 Å². The van der Waals surface area contributed by atoms with Crippen LogP contribution < -0.4 is 10.2 Å². The fraction of sp³-hybridized carbons (Fsp3) is 0.364. The van der Waals surface area contributed by atoms with Crippen molar-refractivity contribution in [2.45, 2.75) is 29.2 Å². The number of carbonyl (C=O) groups is 2. The van der Waals surface area contributed by atoms with Gasteiger partial charge in [-0.1, -0.05) is 12.1 Å². The molecule has 2 aromatic carbocycles. The van der Waals surface area contributed by atoms with Gasteiger partial charge in [0.1, 0.15) is 0 Å². The maximum absolute atomic E-state index is 12.8. The van der Waals surface area contributed by atoms with Gasteiger partial charge >= 0.3 is 0 Å². The summed E-state index contributed by atoms with van der Waals surface area (Å²) in [5, 5.41) is 2.95. The van der Waals surface area contributed by atoms with Crippen molar-refractivity contribution in [3.8, 4) is 0 Å². The molecule has 0 radical (unpaired) electrons. The fourth-order valence-electron chi connectivity index (χ4n) is 3.45. The monoisotopic (exact) mass is 461 g/mol. The third-order valence-corrected chi connectivity index (χ3v) is 7.97. The first-order valence-corrected chi connectivity index (χ1v) is 12.6. The number of sulfonamides is 1. The van der Waals surface area contributed by atoms with Gasteiger partial charge in [-0.05, 0) is 55.1 Å². The zero-order valence-electron chi connectivity index (χ0n) is 18.0. The van der Waals surface area contributed by atoms with Gasteiger partial charge in [-0.2, -0.15) is 0 Å². The molecule has 0 aliphatic carbocycles. The zero-order chi connectivity index (χ0) is 22.8. The molecular formula is C22H27N3O4S2. The van der Waals surface area contributed by atoms with Gasteiger partial charge in [-0.15, -0.1) is 11.8 Å². The Morgan fingerprint density at radius 2 is 1.74 bits per heavy atom. The highest BCUT2D eigenvalue weighted by molar-refractivity contribution is 7.98. The van der Waals surface area contributed by atoms with Crippen LogP contribution in [0.3, 0.4) is 0 Å². The van der Waals surface area contributed by atoms with Crippen molar-refractivity contribution in [2.75, 3.05) is 31.8 Å². The molecule has 166 valence electrons. The van der Waals surface area contributed by atoms with Crippen LogP contribution in [0.1, 0.15) is 24.9 Å². The fourth-order valence-corrected chi connectivity index (χ4v) is 4.76. The number of amides is 2. The topological polar surface area (TPSA) is 86.8 Å². The Kier molecular flexibility index (Phi) is 7.08. The molecule has 1 aliphatic heterocycles. The second kappa shape index (κ2) is 9.42. The molecule has 0 spiro atoms. The normalized spacial score (nSPS) is 17.8. The summed E-state index contributed by atoms with van der Waals surface area (Å²) in [6.45, 7) is 2.18. The second-order valence-electron chi connectivity index (χ2n) is 7.69. The van der Waals surface area contributed by atoms with Crippen molar-refractivity contribution in [1.82, 2.24) is 9.62 Å². The molecule has 1 fully saturated rings. The lowest BCUT2D eigenvalue weighted by Crippen LogP contribution is -2.34. The molecule has 3 rings (SSSR count). The van der Waals surface area contributed by atoms with E-state index in [4.69, 9.17) is 0 Å². The molecule has 2 atom stereocenters. The van der Waals surface area contributed by atoms with Crippen molar-refractivity contribution in [2.24, 2.45) is 5.92 Å². The summed E-state index contributed by atoms with van der Waals surface area (Å²) in [6, 6.07) is 13.9. The van der Waals surface area contributed by atoms with Crippen LogP contribution in [-0.4, -0.2) is 51.4 Å². The Hall–Kier alpha value is -2.36. The Morgan fingerprint density at radius 1 is 1.13 bits per heavy atom. The predicted octanol–water partition coefficient (Wildman–Crippen LogP) is 2.89. The molecule has 0 aromatic heterocycles. The van der Waals surface area contributed by atoms with Crippen LogP contribution >= 0.6 is 11.8 Å². The molecule has 0 bridgehead atoms. The Morgan fingerprint density at radius 3 is 2.29 bits per heavy atom. The van der Waals surface area contributed by atoms with Gasteiger partial charge in [-0.25, -0.2) is 12.7 Å². The molecule has 1 saturated heterocycles. The minimum atomic E-state index is -3.50. The SMILES string of the molecule is CSc1ccc(N2CC(C(=O)NC(C)c3ccc(S(=O)(=O)N(C)C)cc3)CC2=O)cc1. The summed E-state index contributed by atoms with van der Waals surface area (Å²) in [5.41, 5.74) is 1.59. The molecule has 1 aliphatic rings. The number of carbonyl (C=O) groups excluding carboxylic acids is 2. The molecule has 2 aromatic rings. The predicted molar refractivity (Wildman–Crippen MR) is 123 cm³/mol. The first kappa shape index (κ1) is 23.3. The lowest BCUT2D eigenvalue weighted by Gasteiger charge is -2.19. The summed E-state index contributed by atoms with van der Waals surface area (Å²) < 4.78 is 25.6. The summed E-state index contributed by atoms with van der Waals surface area (Å²) in [6.07, 6.45) is 2.16. The van der Waals surface area contributed by atoms with E-state index in [0.29, 0.717) is 6.54 Å². The van der Waals surface area contributed by atoms with Crippen LogP contribution in [0, 0.1) is 5.92 Å². The largest absolute Gasteiger partial charge is 0.349 e. The van der Waals surface area contributed by atoms with E-state index >= 15 is 0 Å². The molecule has 7 nitrogen and oxygen atoms in total. The van der Waals surface area contributed by atoms with Gasteiger partial charge in [0.15, 0.2) is 0 Å². The molecule has 9 heteroatoms. The minimum absolute atomic E-state index is 0.0667. The number of thioether (sulfide) groups is 1. The van der Waals surface area contributed by atoms with Crippen LogP contribution in [-0.2, 0) is 19.6 Å². The van der Waals surface area contributed by atoms with Gasteiger partial charge in [0.25, 0.3) is 0 Å². The molecular weight excluding hydrogens is 434 g/mol. The number of hydrogen-bond donors (Lipinski definition) is 1. The Labute approximate surface area is 187 Å². The Balaban J connectivity index is 1.64. The van der Waals surface area contributed by atoms with Crippen molar-refractivity contribution in [3.05, 3.63) is 54.1 Å². The zero-order valence-corrected chi connectivity index (χ0v) is 19.7. The van der Waals surface area contributed by atoms with Crippen LogP contribution in [0.15, 0.2) is 58.3 Å². The highest BCUT2D eigenvalue weighted by atomic mass is 32.2. The van der Waals surface area contributed by atoms with Gasteiger partial charge in [0.2, 0.25) is 21.8 Å². The lowest BCUT2D eigenvalue weighted by molar-refractivity contribution is -0.126. The van der Waals surface area contributed by atoms with E-state index in [1.807, 2.05) is 37.4 Å². The van der Waals surface area contributed by atoms with E-state index in [9.17, 15) is 18.0 Å². The van der Waals surface area contributed by atoms with Crippen LogP contribution in [0.2, 0.25) is 0 Å². The van der Waals surface area contributed by atoms with Gasteiger partial charge in [0.05, 0.1) is 16.9 Å². The quantitative estimate of drug-likeness (QED) is 0.641. The van der Waals surface area contributed by atoms with Crippen LogP contribution in [0.25, 0.3) is 0 Å². The molecule has 1 heterocycles. The molecule has 1 N–H and O–H groups in total.